The van der Waals surface area contributed by atoms with E-state index in [0.717, 1.165) is 0 Å². The summed E-state index contributed by atoms with van der Waals surface area (Å²) in [5, 5.41) is 0. The number of hydrogen-bond donors (Lipinski definition) is 0. The van der Waals surface area contributed by atoms with E-state index in [-0.39, 0.29) is 21.6 Å². The summed E-state index contributed by atoms with van der Waals surface area (Å²) >= 11 is 0. The number of rotatable bonds is 0. The number of hydrogen-bond acceptors (Lipinski definition) is 0. The molecule has 32 valence electrons. The van der Waals surface area contributed by atoms with Crippen LogP contribution in [-0.2, 0) is 0 Å². The molecule has 0 saturated carbocycles. The second-order valence-electron chi connectivity index (χ2n) is 1.34. The molecule has 5 heavy (non-hydrogen) atoms. The molecule has 0 atom stereocenters. The van der Waals surface area contributed by atoms with E-state index in [0.29, 0.717) is 7.92 Å². The van der Waals surface area contributed by atoms with Crippen LogP contribution in [-0.4, -0.2) is 37.4 Å². The summed E-state index contributed by atoms with van der Waals surface area (Å²) in [7, 11) is 0.380. The normalized spacial score (nSPS) is 7.20. The Morgan fingerprint density at radius 2 is 1.20 bits per heavy atom. The van der Waals surface area contributed by atoms with E-state index in [1.807, 2.05) is 0 Å². The minimum absolute atomic E-state index is 0. The summed E-state index contributed by atoms with van der Waals surface area (Å²) in [6.07, 6.45) is 0. The van der Waals surface area contributed by atoms with E-state index in [9.17, 15) is 0 Å². The van der Waals surface area contributed by atoms with Gasteiger partial charge in [0, 0.05) is 0 Å². The van der Waals surface area contributed by atoms with Crippen molar-refractivity contribution in [3.8, 4) is 0 Å². The zero-order valence-electron chi connectivity index (χ0n) is 7.02. The first-order valence-corrected chi connectivity index (χ1v) is 4.02. The first kappa shape index (κ1) is 9.35. The molecule has 0 rings (SSSR count). The summed E-state index contributed by atoms with van der Waals surface area (Å²) < 4.78 is 0. The Hall–Kier alpha value is 0.962. The molecule has 0 unspecified atom stereocenters. The van der Waals surface area contributed by atoms with Crippen LogP contribution in [0.15, 0.2) is 0 Å². The molecular formula is C3H12AlP. The van der Waals surface area contributed by atoms with Crippen LogP contribution in [0.1, 0.15) is 4.28 Å². The topological polar surface area (TPSA) is 0 Å². The fraction of sp³-hybridized carbons (Fsp3) is 1.00. The second-order valence-corrected chi connectivity index (χ2v) is 4.02. The van der Waals surface area contributed by atoms with E-state index in [4.69, 9.17) is 0 Å². The van der Waals surface area contributed by atoms with Crippen molar-refractivity contribution in [3.63, 3.8) is 0 Å². The van der Waals surface area contributed by atoms with Crippen LogP contribution in [0.2, 0.25) is 0 Å². The van der Waals surface area contributed by atoms with Crippen LogP contribution in [0.25, 0.3) is 0 Å². The van der Waals surface area contributed by atoms with Crippen molar-refractivity contribution in [2.45, 2.75) is 0 Å². The van der Waals surface area contributed by atoms with Gasteiger partial charge in [-0.2, -0.15) is 0 Å². The molecule has 0 bridgehead atoms. The Bertz CT molecular complexity index is 19.2. The summed E-state index contributed by atoms with van der Waals surface area (Å²) in [6, 6.07) is 0. The molecule has 0 aliphatic heterocycles. The third kappa shape index (κ3) is 47.0. The van der Waals surface area contributed by atoms with Crippen molar-refractivity contribution in [2.24, 2.45) is 0 Å². The maximum atomic E-state index is 2.23. The molecule has 0 aromatic heterocycles. The predicted molar refractivity (Wildman–Crippen MR) is 33.8 cm³/mol. The quantitative estimate of drug-likeness (QED) is 0.322. The van der Waals surface area contributed by atoms with E-state index in [1.165, 1.54) is 0 Å². The molecule has 0 N–H and O–H groups in total. The molecular weight excluding hydrogens is 94.0 g/mol. The van der Waals surface area contributed by atoms with Crippen molar-refractivity contribution in [2.75, 3.05) is 20.0 Å². The van der Waals surface area contributed by atoms with Crippen molar-refractivity contribution in [1.82, 2.24) is 0 Å². The Kier molecular flexibility index (Phi) is 9.28. The van der Waals surface area contributed by atoms with Crippen LogP contribution in [0, 0.1) is 0 Å². The van der Waals surface area contributed by atoms with Crippen molar-refractivity contribution in [1.29, 1.82) is 0 Å². The van der Waals surface area contributed by atoms with Crippen LogP contribution in [0.3, 0.4) is 0 Å². The Morgan fingerprint density at radius 1 is 1.20 bits per heavy atom. The van der Waals surface area contributed by atoms with Gasteiger partial charge in [-0.05, 0) is 20.0 Å². The fourth-order valence-corrected chi connectivity index (χ4v) is 0. The minimum Gasteiger partial charge on any atom is -1.00 e. The average molecular weight is 106 g/mol. The fourth-order valence-electron chi connectivity index (χ4n) is 0. The average Bonchev–Trinajstić information content (AvgIpc) is 0.811. The largest absolute Gasteiger partial charge is 3.00 e. The van der Waals surface area contributed by atoms with Gasteiger partial charge in [0.25, 0.3) is 0 Å². The van der Waals surface area contributed by atoms with Crippen molar-refractivity contribution < 1.29 is 4.28 Å². The molecule has 0 spiro atoms. The smallest absolute Gasteiger partial charge is 1.00 e. The van der Waals surface area contributed by atoms with Gasteiger partial charge in [0.05, 0.1) is 0 Å². The molecule has 0 amide bonds. The Balaban J connectivity index is -0.00000000750. The van der Waals surface area contributed by atoms with Gasteiger partial charge >= 0.3 is 17.4 Å². The van der Waals surface area contributed by atoms with Crippen molar-refractivity contribution >= 4 is 25.3 Å². The third-order valence-electron chi connectivity index (χ3n) is 0. The molecule has 0 heterocycles. The SMILES string of the molecule is CP(C)C.[Al+3].[H-].[H-].[H-]. The van der Waals surface area contributed by atoms with Gasteiger partial charge in [-0.1, -0.05) is 0 Å². The molecule has 0 radical (unpaired) electrons. The summed E-state index contributed by atoms with van der Waals surface area (Å²) in [6.45, 7) is 6.69. The molecule has 0 aromatic rings. The Morgan fingerprint density at radius 3 is 1.20 bits per heavy atom. The van der Waals surface area contributed by atoms with Crippen LogP contribution in [0.5, 0.6) is 0 Å². The molecule has 0 aromatic carbocycles. The monoisotopic (exact) mass is 106 g/mol. The van der Waals surface area contributed by atoms with Gasteiger partial charge in [-0.25, -0.2) is 0 Å². The molecule has 0 aliphatic rings. The van der Waals surface area contributed by atoms with Gasteiger partial charge in [-0.3, -0.25) is 0 Å². The molecule has 0 fully saturated rings. The van der Waals surface area contributed by atoms with Crippen LogP contribution in [0.4, 0.5) is 0 Å². The van der Waals surface area contributed by atoms with Crippen LogP contribution >= 0.6 is 7.92 Å². The van der Waals surface area contributed by atoms with E-state index in [2.05, 4.69) is 20.0 Å². The predicted octanol–water partition coefficient (Wildman–Crippen LogP) is 1.31. The standard InChI is InChI=1S/C3H9P.Al.3H/c1-4(2)3;;;;/h1-3H3;;;;/q;+3;3*-1. The summed E-state index contributed by atoms with van der Waals surface area (Å²) in [4.78, 5) is 0. The summed E-state index contributed by atoms with van der Waals surface area (Å²) in [5.41, 5.74) is 0. The van der Waals surface area contributed by atoms with Gasteiger partial charge < -0.3 is 4.28 Å². The second kappa shape index (κ2) is 4.96. The van der Waals surface area contributed by atoms with E-state index < -0.39 is 0 Å². The van der Waals surface area contributed by atoms with Gasteiger partial charge in [0.2, 0.25) is 0 Å². The van der Waals surface area contributed by atoms with E-state index >= 15 is 0 Å². The maximum absolute atomic E-state index is 2.23. The van der Waals surface area contributed by atoms with Crippen molar-refractivity contribution in [3.05, 3.63) is 0 Å². The van der Waals surface area contributed by atoms with Gasteiger partial charge in [0.1, 0.15) is 0 Å². The molecule has 2 heteroatoms. The third-order valence-corrected chi connectivity index (χ3v) is 0. The molecule has 0 nitrogen and oxygen atoms in total. The van der Waals surface area contributed by atoms with Crippen LogP contribution < -0.4 is 0 Å². The maximum Gasteiger partial charge on any atom is 3.00 e. The molecule has 0 aliphatic carbocycles. The zero-order chi connectivity index (χ0) is 3.58. The van der Waals surface area contributed by atoms with E-state index in [1.54, 1.807) is 0 Å². The Labute approximate surface area is 50.3 Å². The summed E-state index contributed by atoms with van der Waals surface area (Å²) in [5.74, 6) is 0. The molecule has 0 saturated heterocycles. The van der Waals surface area contributed by atoms with Gasteiger partial charge in [-0.15, -0.1) is 7.92 Å². The first-order valence-electron chi connectivity index (χ1n) is 1.34. The first-order chi connectivity index (χ1) is 1.73. The minimum atomic E-state index is 0. The zero-order valence-corrected chi connectivity index (χ0v) is 6.07. The van der Waals surface area contributed by atoms with Gasteiger partial charge in [0.15, 0.2) is 0 Å².